The summed E-state index contributed by atoms with van der Waals surface area (Å²) < 4.78 is 0. The zero-order chi connectivity index (χ0) is 21.3. The molecule has 5 heteroatoms. The van der Waals surface area contributed by atoms with Crippen LogP contribution in [-0.2, 0) is 11.3 Å². The highest BCUT2D eigenvalue weighted by atomic mass is 35.5. The van der Waals surface area contributed by atoms with Crippen LogP contribution in [-0.4, -0.2) is 37.3 Å². The molecule has 0 bridgehead atoms. The first-order valence-corrected chi connectivity index (χ1v) is 10.6. The molecule has 0 spiro atoms. The molecular formula is C25H26ClN3O. The number of benzene rings is 3. The summed E-state index contributed by atoms with van der Waals surface area (Å²) in [6.45, 7) is 1.46. The number of hydrogen-bond acceptors (Lipinski definition) is 3. The van der Waals surface area contributed by atoms with Gasteiger partial charge in [-0.25, -0.2) is 0 Å². The van der Waals surface area contributed by atoms with Gasteiger partial charge >= 0.3 is 0 Å². The smallest absolute Gasteiger partial charge is 0.251 e. The molecule has 0 aromatic heterocycles. The van der Waals surface area contributed by atoms with Crippen LogP contribution in [0.1, 0.15) is 22.6 Å². The maximum Gasteiger partial charge on any atom is 0.251 e. The van der Waals surface area contributed by atoms with Gasteiger partial charge in [0.2, 0.25) is 0 Å². The third-order valence-corrected chi connectivity index (χ3v) is 5.92. The first kappa shape index (κ1) is 20.5. The Hall–Kier alpha value is -2.82. The summed E-state index contributed by atoms with van der Waals surface area (Å²) >= 11 is 6.28. The topological polar surface area (TPSA) is 49.6 Å². The minimum Gasteiger partial charge on any atom is -0.398 e. The van der Waals surface area contributed by atoms with Gasteiger partial charge in [0, 0.05) is 42.0 Å². The van der Waals surface area contributed by atoms with Crippen molar-refractivity contribution in [2.45, 2.75) is 12.5 Å². The lowest BCUT2D eigenvalue weighted by Crippen LogP contribution is -2.28. The molecule has 0 radical (unpaired) electrons. The maximum absolute atomic E-state index is 13.1. The molecule has 1 aliphatic heterocycles. The minimum atomic E-state index is -0.0593. The molecule has 0 aliphatic carbocycles. The standard InChI is InChI=1S/C25H26ClN3O/c1-28(2)15-18-9-7-17(8-10-18)11-12-24(30)29-16-19(14-26)25-21-6-4-3-5-20(21)22(27)13-23(25)29/h3-13,19H,14-16,27H2,1-2H3/b12-11+. The van der Waals surface area contributed by atoms with Crippen molar-refractivity contribution >= 4 is 45.7 Å². The fraction of sp³-hybridized carbons (Fsp3) is 0.240. The van der Waals surface area contributed by atoms with E-state index in [0.717, 1.165) is 34.1 Å². The zero-order valence-corrected chi connectivity index (χ0v) is 18.1. The predicted molar refractivity (Wildman–Crippen MR) is 127 cm³/mol. The van der Waals surface area contributed by atoms with Gasteiger partial charge in [0.15, 0.2) is 0 Å². The molecule has 30 heavy (non-hydrogen) atoms. The average Bonchev–Trinajstić information content (AvgIpc) is 3.11. The summed E-state index contributed by atoms with van der Waals surface area (Å²) in [5, 5.41) is 2.09. The lowest BCUT2D eigenvalue weighted by Gasteiger charge is -2.17. The van der Waals surface area contributed by atoms with Crippen LogP contribution in [0.25, 0.3) is 16.8 Å². The number of alkyl halides is 1. The summed E-state index contributed by atoms with van der Waals surface area (Å²) in [6, 6.07) is 18.2. The van der Waals surface area contributed by atoms with Crippen molar-refractivity contribution in [1.82, 2.24) is 4.90 Å². The molecule has 4 rings (SSSR count). The number of carbonyl (C=O) groups is 1. The highest BCUT2D eigenvalue weighted by molar-refractivity contribution is 6.19. The van der Waals surface area contributed by atoms with Crippen LogP contribution < -0.4 is 10.6 Å². The largest absolute Gasteiger partial charge is 0.398 e. The van der Waals surface area contributed by atoms with Gasteiger partial charge in [0.1, 0.15) is 0 Å². The summed E-state index contributed by atoms with van der Waals surface area (Å²) in [4.78, 5) is 17.0. The monoisotopic (exact) mass is 419 g/mol. The predicted octanol–water partition coefficient (Wildman–Crippen LogP) is 4.87. The van der Waals surface area contributed by atoms with Crippen LogP contribution in [0.15, 0.2) is 60.7 Å². The Kier molecular flexibility index (Phi) is 5.80. The van der Waals surface area contributed by atoms with E-state index in [1.165, 1.54) is 5.56 Å². The summed E-state index contributed by atoms with van der Waals surface area (Å²) in [7, 11) is 4.09. The van der Waals surface area contributed by atoms with Crippen molar-refractivity contribution in [2.24, 2.45) is 0 Å². The van der Waals surface area contributed by atoms with Gasteiger partial charge in [-0.05, 0) is 48.3 Å². The molecule has 3 aromatic carbocycles. The highest BCUT2D eigenvalue weighted by Gasteiger charge is 2.33. The Labute approximate surface area is 182 Å². The van der Waals surface area contributed by atoms with Crippen molar-refractivity contribution in [3.63, 3.8) is 0 Å². The van der Waals surface area contributed by atoms with Crippen LogP contribution in [0, 0.1) is 0 Å². The van der Waals surface area contributed by atoms with E-state index in [1.54, 1.807) is 11.0 Å². The molecule has 1 aliphatic rings. The number of fused-ring (bicyclic) bond motifs is 3. The third-order valence-electron chi connectivity index (χ3n) is 5.55. The highest BCUT2D eigenvalue weighted by Crippen LogP contribution is 2.44. The van der Waals surface area contributed by atoms with Crippen LogP contribution in [0.2, 0.25) is 0 Å². The Morgan fingerprint density at radius 3 is 2.53 bits per heavy atom. The SMILES string of the molecule is CN(C)Cc1ccc(/C=C/C(=O)N2CC(CCl)c3c2cc(N)c2ccccc32)cc1. The first-order valence-electron chi connectivity index (χ1n) is 10.1. The molecule has 1 amide bonds. The van der Waals surface area contributed by atoms with E-state index in [2.05, 4.69) is 23.1 Å². The van der Waals surface area contributed by atoms with Crippen molar-refractivity contribution in [3.8, 4) is 0 Å². The number of halogens is 1. The van der Waals surface area contributed by atoms with E-state index in [4.69, 9.17) is 17.3 Å². The number of nitrogen functional groups attached to an aromatic ring is 1. The average molecular weight is 420 g/mol. The number of amides is 1. The zero-order valence-electron chi connectivity index (χ0n) is 17.3. The van der Waals surface area contributed by atoms with Gasteiger partial charge in [0.25, 0.3) is 5.91 Å². The molecule has 154 valence electrons. The van der Waals surface area contributed by atoms with E-state index < -0.39 is 0 Å². The van der Waals surface area contributed by atoms with Crippen LogP contribution in [0.4, 0.5) is 11.4 Å². The normalized spacial score (nSPS) is 16.0. The molecular weight excluding hydrogens is 394 g/mol. The Morgan fingerprint density at radius 2 is 1.87 bits per heavy atom. The molecule has 1 unspecified atom stereocenters. The summed E-state index contributed by atoms with van der Waals surface area (Å²) in [5.41, 5.74) is 11.2. The second-order valence-corrected chi connectivity index (χ2v) is 8.37. The van der Waals surface area contributed by atoms with Crippen LogP contribution >= 0.6 is 11.6 Å². The summed E-state index contributed by atoms with van der Waals surface area (Å²) in [5.74, 6) is 0.493. The van der Waals surface area contributed by atoms with Crippen LogP contribution in [0.5, 0.6) is 0 Å². The molecule has 2 N–H and O–H groups in total. The van der Waals surface area contributed by atoms with E-state index in [9.17, 15) is 4.79 Å². The molecule has 0 fully saturated rings. The first-order chi connectivity index (χ1) is 14.5. The van der Waals surface area contributed by atoms with Gasteiger partial charge in [-0.2, -0.15) is 0 Å². The van der Waals surface area contributed by atoms with Gasteiger partial charge in [-0.1, -0.05) is 48.5 Å². The number of hydrogen-bond donors (Lipinski definition) is 1. The van der Waals surface area contributed by atoms with E-state index >= 15 is 0 Å². The number of rotatable bonds is 5. The lowest BCUT2D eigenvalue weighted by molar-refractivity contribution is -0.114. The van der Waals surface area contributed by atoms with Crippen molar-refractivity contribution in [3.05, 3.63) is 77.4 Å². The fourth-order valence-electron chi connectivity index (χ4n) is 4.16. The van der Waals surface area contributed by atoms with Crippen molar-refractivity contribution in [1.29, 1.82) is 0 Å². The fourth-order valence-corrected chi connectivity index (χ4v) is 4.42. The Balaban J connectivity index is 1.61. The number of anilines is 2. The summed E-state index contributed by atoms with van der Waals surface area (Å²) in [6.07, 6.45) is 3.49. The Morgan fingerprint density at radius 1 is 1.17 bits per heavy atom. The molecule has 4 nitrogen and oxygen atoms in total. The lowest BCUT2D eigenvalue weighted by atomic mass is 9.95. The molecule has 0 saturated heterocycles. The molecule has 3 aromatic rings. The number of nitrogens with zero attached hydrogens (tertiary/aromatic N) is 2. The second kappa shape index (κ2) is 8.50. The van der Waals surface area contributed by atoms with Gasteiger partial charge < -0.3 is 15.5 Å². The molecule has 1 atom stereocenters. The van der Waals surface area contributed by atoms with Gasteiger partial charge in [-0.3, -0.25) is 4.79 Å². The third kappa shape index (κ3) is 3.93. The maximum atomic E-state index is 13.1. The number of carbonyl (C=O) groups excluding carboxylic acids is 1. The van der Waals surface area contributed by atoms with Crippen molar-refractivity contribution < 1.29 is 4.79 Å². The van der Waals surface area contributed by atoms with Crippen LogP contribution in [0.3, 0.4) is 0 Å². The Bertz CT molecular complexity index is 1110. The molecule has 1 heterocycles. The quantitative estimate of drug-likeness (QED) is 0.365. The van der Waals surface area contributed by atoms with E-state index in [-0.39, 0.29) is 11.8 Å². The van der Waals surface area contributed by atoms with E-state index in [0.29, 0.717) is 18.1 Å². The van der Waals surface area contributed by atoms with Gasteiger partial charge in [-0.15, -0.1) is 11.6 Å². The van der Waals surface area contributed by atoms with Gasteiger partial charge in [0.05, 0.1) is 5.69 Å². The number of nitrogens with two attached hydrogens (primary N) is 1. The van der Waals surface area contributed by atoms with E-state index in [1.807, 2.05) is 56.6 Å². The second-order valence-electron chi connectivity index (χ2n) is 8.06. The molecule has 0 saturated carbocycles. The minimum absolute atomic E-state index is 0.0593. The van der Waals surface area contributed by atoms with Crippen molar-refractivity contribution in [2.75, 3.05) is 37.2 Å².